The van der Waals surface area contributed by atoms with E-state index in [0.717, 1.165) is 5.56 Å². The highest BCUT2D eigenvalue weighted by Gasteiger charge is 2.17. The summed E-state index contributed by atoms with van der Waals surface area (Å²) in [5, 5.41) is 11.7. The quantitative estimate of drug-likeness (QED) is 0.349. The van der Waals surface area contributed by atoms with Crippen molar-refractivity contribution in [3.63, 3.8) is 0 Å². The van der Waals surface area contributed by atoms with Crippen molar-refractivity contribution in [1.82, 2.24) is 24.3 Å². The number of aryl methyl sites for hydroxylation is 1. The Labute approximate surface area is 177 Å². The van der Waals surface area contributed by atoms with Gasteiger partial charge in [-0.05, 0) is 36.2 Å². The van der Waals surface area contributed by atoms with Gasteiger partial charge in [0.1, 0.15) is 16.8 Å². The summed E-state index contributed by atoms with van der Waals surface area (Å²) in [5.74, 6) is -0.436. The van der Waals surface area contributed by atoms with E-state index in [4.69, 9.17) is 10.1 Å². The van der Waals surface area contributed by atoms with E-state index in [9.17, 15) is 9.59 Å². The smallest absolute Gasteiger partial charge is 0.267 e. The maximum absolute atomic E-state index is 13.1. The summed E-state index contributed by atoms with van der Waals surface area (Å²) >= 11 is 0. The molecule has 158 valence electrons. The topological polar surface area (TPSA) is 114 Å². The van der Waals surface area contributed by atoms with Gasteiger partial charge in [0, 0.05) is 45.4 Å². The SMILES string of the molecule is COCCCn1c(=N)c(C(=O)NCc2cccnc2)cc2c(=O)n3ccccc3nc21. The molecule has 9 heteroatoms. The van der Waals surface area contributed by atoms with Crippen LogP contribution in [0.25, 0.3) is 16.7 Å². The fourth-order valence-corrected chi connectivity index (χ4v) is 3.43. The normalized spacial score (nSPS) is 11.1. The lowest BCUT2D eigenvalue weighted by Crippen LogP contribution is -2.35. The third-order valence-electron chi connectivity index (χ3n) is 4.97. The van der Waals surface area contributed by atoms with Crippen LogP contribution in [0.5, 0.6) is 0 Å². The molecule has 0 unspecified atom stereocenters. The monoisotopic (exact) mass is 418 g/mol. The zero-order valence-electron chi connectivity index (χ0n) is 17.0. The van der Waals surface area contributed by atoms with Crippen LogP contribution in [0.2, 0.25) is 0 Å². The molecule has 0 aliphatic carbocycles. The van der Waals surface area contributed by atoms with Gasteiger partial charge in [-0.3, -0.25) is 24.4 Å². The number of hydrogen-bond acceptors (Lipinski definition) is 6. The number of rotatable bonds is 7. The van der Waals surface area contributed by atoms with Gasteiger partial charge < -0.3 is 14.6 Å². The van der Waals surface area contributed by atoms with E-state index >= 15 is 0 Å². The van der Waals surface area contributed by atoms with E-state index in [1.54, 1.807) is 54.5 Å². The Kier molecular flexibility index (Phi) is 5.85. The number of methoxy groups -OCH3 is 1. The average molecular weight is 418 g/mol. The number of carbonyl (C=O) groups excluding carboxylic acids is 1. The molecular weight excluding hydrogens is 396 g/mol. The molecule has 2 N–H and O–H groups in total. The molecule has 4 aromatic heterocycles. The van der Waals surface area contributed by atoms with Gasteiger partial charge in [-0.2, -0.15) is 0 Å². The van der Waals surface area contributed by atoms with E-state index in [1.807, 2.05) is 6.07 Å². The molecule has 0 fully saturated rings. The molecular formula is C22H22N6O3. The van der Waals surface area contributed by atoms with E-state index in [-0.39, 0.29) is 28.5 Å². The van der Waals surface area contributed by atoms with E-state index in [0.29, 0.717) is 30.9 Å². The second-order valence-electron chi connectivity index (χ2n) is 7.03. The lowest BCUT2D eigenvalue weighted by atomic mass is 10.2. The van der Waals surface area contributed by atoms with Crippen molar-refractivity contribution < 1.29 is 9.53 Å². The Morgan fingerprint density at radius 2 is 2.13 bits per heavy atom. The largest absolute Gasteiger partial charge is 0.385 e. The minimum atomic E-state index is -0.436. The second kappa shape index (κ2) is 8.88. The predicted octanol–water partition coefficient (Wildman–Crippen LogP) is 1.49. The van der Waals surface area contributed by atoms with Crippen molar-refractivity contribution in [3.8, 4) is 0 Å². The van der Waals surface area contributed by atoms with Crippen molar-refractivity contribution >= 4 is 22.6 Å². The number of nitrogens with one attached hydrogen (secondary N) is 2. The van der Waals surface area contributed by atoms with Gasteiger partial charge in [0.2, 0.25) is 0 Å². The summed E-state index contributed by atoms with van der Waals surface area (Å²) in [7, 11) is 1.60. The maximum Gasteiger partial charge on any atom is 0.267 e. The molecule has 0 saturated carbocycles. The molecule has 31 heavy (non-hydrogen) atoms. The van der Waals surface area contributed by atoms with Gasteiger partial charge >= 0.3 is 0 Å². The number of aromatic nitrogens is 4. The molecule has 0 aliphatic rings. The van der Waals surface area contributed by atoms with Crippen LogP contribution in [-0.4, -0.2) is 38.6 Å². The maximum atomic E-state index is 13.1. The molecule has 0 bridgehead atoms. The van der Waals surface area contributed by atoms with Gasteiger partial charge in [-0.25, -0.2) is 4.98 Å². The zero-order chi connectivity index (χ0) is 21.8. The number of ether oxygens (including phenoxy) is 1. The highest BCUT2D eigenvalue weighted by Crippen LogP contribution is 2.11. The molecule has 0 aromatic carbocycles. The Morgan fingerprint density at radius 3 is 2.90 bits per heavy atom. The van der Waals surface area contributed by atoms with Gasteiger partial charge in [-0.15, -0.1) is 0 Å². The van der Waals surface area contributed by atoms with E-state index < -0.39 is 5.91 Å². The number of nitrogens with zero attached hydrogens (tertiary/aromatic N) is 4. The Balaban J connectivity index is 1.83. The molecule has 0 atom stereocenters. The van der Waals surface area contributed by atoms with Crippen molar-refractivity contribution in [2.45, 2.75) is 19.5 Å². The predicted molar refractivity (Wildman–Crippen MR) is 115 cm³/mol. The number of hydrogen-bond donors (Lipinski definition) is 2. The summed E-state index contributed by atoms with van der Waals surface area (Å²) in [6.45, 7) is 1.14. The zero-order valence-corrected chi connectivity index (χ0v) is 17.0. The van der Waals surface area contributed by atoms with E-state index in [1.165, 1.54) is 10.5 Å². The van der Waals surface area contributed by atoms with Crippen LogP contribution in [0.15, 0.2) is 59.8 Å². The van der Waals surface area contributed by atoms with Crippen molar-refractivity contribution in [1.29, 1.82) is 5.41 Å². The first-order valence-electron chi connectivity index (χ1n) is 9.85. The van der Waals surface area contributed by atoms with E-state index in [2.05, 4.69) is 15.3 Å². The first kappa shape index (κ1) is 20.4. The van der Waals surface area contributed by atoms with Crippen LogP contribution < -0.4 is 16.4 Å². The molecule has 0 spiro atoms. The molecule has 4 rings (SSSR count). The second-order valence-corrected chi connectivity index (χ2v) is 7.03. The van der Waals surface area contributed by atoms with Crippen LogP contribution in [0.4, 0.5) is 0 Å². The minimum absolute atomic E-state index is 0.000490. The highest BCUT2D eigenvalue weighted by molar-refractivity contribution is 5.96. The van der Waals surface area contributed by atoms with Gasteiger partial charge in [0.25, 0.3) is 11.5 Å². The third-order valence-corrected chi connectivity index (χ3v) is 4.97. The summed E-state index contributed by atoms with van der Waals surface area (Å²) in [4.78, 5) is 34.7. The number of fused-ring (bicyclic) bond motifs is 2. The Morgan fingerprint density at radius 1 is 1.26 bits per heavy atom. The first-order valence-corrected chi connectivity index (χ1v) is 9.85. The Hall–Kier alpha value is -3.85. The van der Waals surface area contributed by atoms with Crippen LogP contribution in [0.1, 0.15) is 22.3 Å². The van der Waals surface area contributed by atoms with Gasteiger partial charge in [0.05, 0.1) is 10.9 Å². The summed E-state index contributed by atoms with van der Waals surface area (Å²) in [6.07, 6.45) is 5.56. The average Bonchev–Trinajstić information content (AvgIpc) is 2.80. The number of pyridine rings is 3. The molecule has 0 radical (unpaired) electrons. The Bertz CT molecular complexity index is 1360. The summed E-state index contributed by atoms with van der Waals surface area (Å²) in [6, 6.07) is 10.4. The highest BCUT2D eigenvalue weighted by atomic mass is 16.5. The molecule has 1 amide bonds. The van der Waals surface area contributed by atoms with Gasteiger partial charge in [-0.1, -0.05) is 12.1 Å². The minimum Gasteiger partial charge on any atom is -0.385 e. The molecule has 0 saturated heterocycles. The number of carbonyl (C=O) groups is 1. The summed E-state index contributed by atoms with van der Waals surface area (Å²) in [5.41, 5.74) is 1.52. The van der Waals surface area contributed by atoms with Gasteiger partial charge in [0.15, 0.2) is 0 Å². The van der Waals surface area contributed by atoms with Crippen LogP contribution in [0, 0.1) is 5.41 Å². The van der Waals surface area contributed by atoms with Crippen LogP contribution in [0.3, 0.4) is 0 Å². The van der Waals surface area contributed by atoms with Crippen LogP contribution in [-0.2, 0) is 17.8 Å². The number of amides is 1. The van der Waals surface area contributed by atoms with Crippen molar-refractivity contribution in [3.05, 3.63) is 82.0 Å². The molecule has 9 nitrogen and oxygen atoms in total. The first-order chi connectivity index (χ1) is 15.1. The van der Waals surface area contributed by atoms with Crippen LogP contribution >= 0.6 is 0 Å². The fourth-order valence-electron chi connectivity index (χ4n) is 3.43. The molecule has 4 heterocycles. The van der Waals surface area contributed by atoms with Crippen molar-refractivity contribution in [2.75, 3.05) is 13.7 Å². The lowest BCUT2D eigenvalue weighted by molar-refractivity contribution is 0.0948. The lowest BCUT2D eigenvalue weighted by Gasteiger charge is -2.14. The fraction of sp³-hybridized carbons (Fsp3) is 0.227. The molecule has 4 aromatic rings. The molecule has 0 aliphatic heterocycles. The summed E-state index contributed by atoms with van der Waals surface area (Å²) < 4.78 is 8.16. The third kappa shape index (κ3) is 4.08. The van der Waals surface area contributed by atoms with Crippen molar-refractivity contribution in [2.24, 2.45) is 0 Å². The standard InChI is InChI=1S/C22H22N6O3/c1-31-11-5-10-28-19(23)16(21(29)25-14-15-6-4-8-24-13-15)12-17-20(28)26-18-7-2-3-9-27(18)22(17)30/h2-4,6-9,12-13,23H,5,10-11,14H2,1H3,(H,25,29).